The molecule has 1 aliphatic carbocycles. The molecule has 1 fully saturated rings. The van der Waals surface area contributed by atoms with E-state index in [2.05, 4.69) is 25.5 Å². The molecule has 2 aromatic carbocycles. The third-order valence-electron chi connectivity index (χ3n) is 5.52. The summed E-state index contributed by atoms with van der Waals surface area (Å²) >= 11 is 0. The van der Waals surface area contributed by atoms with E-state index in [1.807, 2.05) is 0 Å². The lowest BCUT2D eigenvalue weighted by Gasteiger charge is -2.28. The van der Waals surface area contributed by atoms with Gasteiger partial charge in [0.15, 0.2) is 17.5 Å². The Kier molecular flexibility index (Phi) is 5.89. The zero-order valence-electron chi connectivity index (χ0n) is 17.9. The van der Waals surface area contributed by atoms with Gasteiger partial charge < -0.3 is 29.3 Å². The number of imidazole rings is 1. The highest BCUT2D eigenvalue weighted by molar-refractivity contribution is 5.79. The molecule has 4 aromatic rings. The Bertz CT molecular complexity index is 1380. The Morgan fingerprint density at radius 3 is 2.54 bits per heavy atom. The number of H-pyrrole nitrogens is 1. The van der Waals surface area contributed by atoms with E-state index in [1.54, 1.807) is 18.2 Å². The average molecular weight is 489 g/mol. The number of fused-ring (bicyclic) bond motifs is 1. The van der Waals surface area contributed by atoms with Crippen LogP contribution in [0.4, 0.5) is 29.7 Å². The highest BCUT2D eigenvalue weighted by Gasteiger charge is 2.25. The van der Waals surface area contributed by atoms with E-state index in [0.29, 0.717) is 54.6 Å². The van der Waals surface area contributed by atoms with Gasteiger partial charge in [0.2, 0.25) is 0 Å². The monoisotopic (exact) mass is 489 g/mol. The Balaban J connectivity index is 1.27. The fourth-order valence-electron chi connectivity index (χ4n) is 3.87. The largest absolute Gasteiger partial charge is 0.506 e. The molecule has 0 spiro atoms. The molecule has 1 aliphatic rings. The normalized spacial score (nSPS) is 17.9. The number of rotatable bonds is 6. The van der Waals surface area contributed by atoms with E-state index in [0.717, 1.165) is 0 Å². The van der Waals surface area contributed by atoms with Crippen LogP contribution < -0.4 is 10.1 Å². The molecular formula is C22H18F3N5O5. The molecule has 2 heterocycles. The van der Waals surface area contributed by atoms with Crippen LogP contribution in [0.15, 0.2) is 34.7 Å². The summed E-state index contributed by atoms with van der Waals surface area (Å²) < 4.78 is 56.6. The number of ether oxygens (including phenoxy) is 2. The average Bonchev–Trinajstić information content (AvgIpc) is 3.45. The minimum absolute atomic E-state index is 0.00841. The lowest BCUT2D eigenvalue weighted by atomic mass is 9.95. The minimum atomic E-state index is -1.32. The fraction of sp³-hybridized carbons (Fsp3) is 0.273. The molecule has 0 bridgehead atoms. The summed E-state index contributed by atoms with van der Waals surface area (Å²) in [5.74, 6) is -2.73. The van der Waals surface area contributed by atoms with Gasteiger partial charge in [0.05, 0.1) is 22.8 Å². The Labute approximate surface area is 195 Å². The number of anilines is 2. The van der Waals surface area contributed by atoms with Gasteiger partial charge in [0.1, 0.15) is 17.7 Å². The SMILES string of the molecule is O=C(O)O[C@H]1CC[C@@H](Oc2ccc3nc(-c4nnc(Nc5cc(F)c(F)cc5F)o4)[nH]c3c2)CC1. The van der Waals surface area contributed by atoms with Crippen LogP contribution in [0, 0.1) is 17.5 Å². The molecule has 0 amide bonds. The van der Waals surface area contributed by atoms with Crippen molar-refractivity contribution in [1.29, 1.82) is 0 Å². The summed E-state index contributed by atoms with van der Waals surface area (Å²) in [5, 5.41) is 18.7. The number of aromatic amines is 1. The van der Waals surface area contributed by atoms with Crippen LogP contribution in [0.3, 0.4) is 0 Å². The van der Waals surface area contributed by atoms with Crippen molar-refractivity contribution in [3.63, 3.8) is 0 Å². The lowest BCUT2D eigenvalue weighted by Crippen LogP contribution is -2.29. The number of benzene rings is 2. The number of nitrogens with zero attached hydrogens (tertiary/aromatic N) is 3. The molecule has 10 nitrogen and oxygen atoms in total. The minimum Gasteiger partial charge on any atom is -0.490 e. The first-order valence-corrected chi connectivity index (χ1v) is 10.7. The number of hydrogen-bond donors (Lipinski definition) is 3. The number of nitrogens with one attached hydrogen (secondary N) is 2. The van der Waals surface area contributed by atoms with Gasteiger partial charge in [0.25, 0.3) is 5.89 Å². The molecular weight excluding hydrogens is 471 g/mol. The molecule has 1 saturated carbocycles. The van der Waals surface area contributed by atoms with Gasteiger partial charge in [-0.2, -0.15) is 0 Å². The molecule has 0 aliphatic heterocycles. The molecule has 5 rings (SSSR count). The maximum atomic E-state index is 13.8. The Hall–Kier alpha value is -4.29. The summed E-state index contributed by atoms with van der Waals surface area (Å²) in [7, 11) is 0. The summed E-state index contributed by atoms with van der Waals surface area (Å²) in [4.78, 5) is 18.1. The molecule has 13 heteroatoms. The number of carboxylic acid groups (broad SMARTS) is 1. The van der Waals surface area contributed by atoms with Crippen LogP contribution in [0.5, 0.6) is 5.75 Å². The molecule has 182 valence electrons. The van der Waals surface area contributed by atoms with E-state index >= 15 is 0 Å². The van der Waals surface area contributed by atoms with Crippen molar-refractivity contribution < 1.29 is 37.0 Å². The van der Waals surface area contributed by atoms with Crippen LogP contribution in [0.25, 0.3) is 22.7 Å². The van der Waals surface area contributed by atoms with Crippen molar-refractivity contribution in [3.05, 3.63) is 47.8 Å². The van der Waals surface area contributed by atoms with Crippen LogP contribution in [-0.4, -0.2) is 43.6 Å². The molecule has 3 N–H and O–H groups in total. The summed E-state index contributed by atoms with van der Waals surface area (Å²) in [5.41, 5.74) is 0.874. The maximum absolute atomic E-state index is 13.8. The molecule has 35 heavy (non-hydrogen) atoms. The zero-order chi connectivity index (χ0) is 24.5. The van der Waals surface area contributed by atoms with Crippen molar-refractivity contribution in [2.75, 3.05) is 5.32 Å². The first kappa shape index (κ1) is 22.5. The van der Waals surface area contributed by atoms with E-state index in [4.69, 9.17) is 19.0 Å². The smallest absolute Gasteiger partial charge is 0.490 e. The number of hydrogen-bond acceptors (Lipinski definition) is 8. The summed E-state index contributed by atoms with van der Waals surface area (Å²) in [6.07, 6.45) is 0.879. The van der Waals surface area contributed by atoms with Crippen LogP contribution in [0.2, 0.25) is 0 Å². The highest BCUT2D eigenvalue weighted by Crippen LogP contribution is 2.29. The van der Waals surface area contributed by atoms with Gasteiger partial charge >= 0.3 is 12.2 Å². The summed E-state index contributed by atoms with van der Waals surface area (Å²) in [6.45, 7) is 0. The van der Waals surface area contributed by atoms with Gasteiger partial charge in [-0.25, -0.2) is 22.9 Å². The van der Waals surface area contributed by atoms with Gasteiger partial charge in [-0.15, -0.1) is 5.10 Å². The van der Waals surface area contributed by atoms with E-state index in [1.165, 1.54) is 0 Å². The second-order valence-corrected chi connectivity index (χ2v) is 7.95. The predicted octanol–water partition coefficient (Wildman–Crippen LogP) is 5.16. The van der Waals surface area contributed by atoms with Crippen molar-refractivity contribution in [1.82, 2.24) is 20.2 Å². The Morgan fingerprint density at radius 2 is 1.77 bits per heavy atom. The topological polar surface area (TPSA) is 135 Å². The van der Waals surface area contributed by atoms with Crippen LogP contribution in [0.1, 0.15) is 25.7 Å². The second-order valence-electron chi connectivity index (χ2n) is 7.95. The third-order valence-corrected chi connectivity index (χ3v) is 5.52. The van der Waals surface area contributed by atoms with Gasteiger partial charge in [-0.3, -0.25) is 0 Å². The standard InChI is InChI=1S/C22H18F3N5O5/c23-13-8-15(25)17(9-14(13)24)28-21-30-29-20(35-21)19-26-16-6-5-12(7-18(16)27-19)33-10-1-3-11(4-2-10)34-22(31)32/h5-11H,1-4H2,(H,26,27)(H,28,30)(H,31,32)/t10-,11+. The van der Waals surface area contributed by atoms with Crippen molar-refractivity contribution >= 4 is 28.9 Å². The number of aromatic nitrogens is 4. The van der Waals surface area contributed by atoms with E-state index in [9.17, 15) is 18.0 Å². The van der Waals surface area contributed by atoms with E-state index in [-0.39, 0.29) is 35.6 Å². The van der Waals surface area contributed by atoms with Crippen LogP contribution >= 0.6 is 0 Å². The van der Waals surface area contributed by atoms with Crippen molar-refractivity contribution in [2.45, 2.75) is 37.9 Å². The molecule has 0 radical (unpaired) electrons. The zero-order valence-corrected chi connectivity index (χ0v) is 17.9. The number of carbonyl (C=O) groups is 1. The number of halogens is 3. The Morgan fingerprint density at radius 1 is 1.03 bits per heavy atom. The summed E-state index contributed by atoms with van der Waals surface area (Å²) in [6, 6.07) is 6.08. The quantitative estimate of drug-likeness (QED) is 0.248. The maximum Gasteiger partial charge on any atom is 0.506 e. The van der Waals surface area contributed by atoms with Crippen LogP contribution in [-0.2, 0) is 4.74 Å². The molecule has 2 aromatic heterocycles. The lowest BCUT2D eigenvalue weighted by molar-refractivity contribution is 0.0152. The second kappa shape index (κ2) is 9.16. The predicted molar refractivity (Wildman–Crippen MR) is 115 cm³/mol. The molecule has 0 saturated heterocycles. The van der Waals surface area contributed by atoms with Crippen molar-refractivity contribution in [2.24, 2.45) is 0 Å². The fourth-order valence-corrected chi connectivity index (χ4v) is 3.87. The molecule has 0 unspecified atom stereocenters. The van der Waals surface area contributed by atoms with Crippen molar-refractivity contribution in [3.8, 4) is 17.5 Å². The van der Waals surface area contributed by atoms with Gasteiger partial charge in [-0.1, -0.05) is 5.10 Å². The first-order chi connectivity index (χ1) is 16.8. The first-order valence-electron chi connectivity index (χ1n) is 10.7. The van der Waals surface area contributed by atoms with E-state index < -0.39 is 23.6 Å². The third kappa shape index (κ3) is 4.98. The van der Waals surface area contributed by atoms with Gasteiger partial charge in [-0.05, 0) is 37.8 Å². The highest BCUT2D eigenvalue weighted by atomic mass is 19.2. The molecule has 0 atom stereocenters. The van der Waals surface area contributed by atoms with Gasteiger partial charge in [0, 0.05) is 18.2 Å².